The van der Waals surface area contributed by atoms with Crippen LogP contribution in [-0.4, -0.2) is 14.5 Å². The Bertz CT molecular complexity index is 530. The van der Waals surface area contributed by atoms with Crippen molar-refractivity contribution in [1.29, 1.82) is 0 Å². The van der Waals surface area contributed by atoms with Gasteiger partial charge in [0.2, 0.25) is 0 Å². The zero-order valence-electron chi connectivity index (χ0n) is 11.6. The molecule has 0 aliphatic rings. The van der Waals surface area contributed by atoms with Crippen LogP contribution in [0.15, 0.2) is 18.5 Å². The van der Waals surface area contributed by atoms with Crippen molar-refractivity contribution in [2.45, 2.75) is 46.2 Å². The molecule has 4 heteroatoms. The normalized spacial score (nSPS) is 15.2. The molecule has 4 nitrogen and oxygen atoms in total. The van der Waals surface area contributed by atoms with Crippen molar-refractivity contribution in [2.75, 3.05) is 0 Å². The molecule has 0 spiro atoms. The Morgan fingerprint density at radius 3 is 2.67 bits per heavy atom. The third-order valence-corrected chi connectivity index (χ3v) is 3.59. The van der Waals surface area contributed by atoms with Gasteiger partial charge in [0, 0.05) is 12.2 Å². The number of hydrogen-bond acceptors (Lipinski definition) is 3. The molecule has 2 aromatic rings. The Morgan fingerprint density at radius 1 is 1.33 bits per heavy atom. The summed E-state index contributed by atoms with van der Waals surface area (Å²) in [6.45, 7) is 8.66. The van der Waals surface area contributed by atoms with E-state index in [0.29, 0.717) is 12.0 Å². The Kier molecular flexibility index (Phi) is 3.66. The highest BCUT2D eigenvalue weighted by Crippen LogP contribution is 2.27. The maximum Gasteiger partial charge on any atom is 0.127 e. The van der Waals surface area contributed by atoms with E-state index in [2.05, 4.69) is 42.2 Å². The number of rotatable bonds is 4. The summed E-state index contributed by atoms with van der Waals surface area (Å²) >= 11 is 0. The minimum absolute atomic E-state index is 0.0233. The van der Waals surface area contributed by atoms with Crippen LogP contribution in [0.3, 0.4) is 0 Å². The molecule has 18 heavy (non-hydrogen) atoms. The molecule has 0 aliphatic carbocycles. The van der Waals surface area contributed by atoms with Gasteiger partial charge in [-0.25, -0.2) is 4.98 Å². The van der Waals surface area contributed by atoms with E-state index in [1.807, 2.05) is 6.07 Å². The minimum atomic E-state index is -0.0233. The predicted octanol–water partition coefficient (Wildman–Crippen LogP) is 3.06. The van der Waals surface area contributed by atoms with E-state index in [1.165, 1.54) is 0 Å². The molecule has 0 saturated carbocycles. The van der Waals surface area contributed by atoms with E-state index in [9.17, 15) is 0 Å². The van der Waals surface area contributed by atoms with Crippen molar-refractivity contribution in [1.82, 2.24) is 14.5 Å². The van der Waals surface area contributed by atoms with Crippen molar-refractivity contribution < 1.29 is 0 Å². The topological polar surface area (TPSA) is 56.7 Å². The highest BCUT2D eigenvalue weighted by atomic mass is 15.1. The summed E-state index contributed by atoms with van der Waals surface area (Å²) in [7, 11) is 0. The molecule has 2 atom stereocenters. The average molecular weight is 246 g/mol. The molecule has 0 saturated heterocycles. The molecule has 0 fully saturated rings. The summed E-state index contributed by atoms with van der Waals surface area (Å²) in [4.78, 5) is 8.81. The lowest BCUT2D eigenvalue weighted by Gasteiger charge is -2.21. The maximum atomic E-state index is 6.35. The molecule has 0 bridgehead atoms. The van der Waals surface area contributed by atoms with Gasteiger partial charge in [0.25, 0.3) is 0 Å². The number of fused-ring (bicyclic) bond motifs is 1. The van der Waals surface area contributed by atoms with Crippen LogP contribution >= 0.6 is 0 Å². The first-order valence-corrected chi connectivity index (χ1v) is 6.63. The van der Waals surface area contributed by atoms with Crippen LogP contribution in [0, 0.1) is 5.92 Å². The van der Waals surface area contributed by atoms with Crippen molar-refractivity contribution in [3.8, 4) is 0 Å². The summed E-state index contributed by atoms with van der Waals surface area (Å²) in [6, 6.07) is 2.34. The number of imidazole rings is 1. The number of hydrogen-bond donors (Lipinski definition) is 1. The Labute approximate surface area is 108 Å². The molecule has 0 radical (unpaired) electrons. The molecular formula is C14H22N4. The third-order valence-electron chi connectivity index (χ3n) is 3.59. The maximum absolute atomic E-state index is 6.35. The Morgan fingerprint density at radius 2 is 2.06 bits per heavy atom. The zero-order chi connectivity index (χ0) is 13.3. The monoisotopic (exact) mass is 246 g/mol. The molecule has 0 amide bonds. The van der Waals surface area contributed by atoms with E-state index in [0.717, 1.165) is 23.3 Å². The SMILES string of the molecule is CCC(C)C(N)c1nc2cnccc2n1C(C)C. The smallest absolute Gasteiger partial charge is 0.127 e. The molecular weight excluding hydrogens is 224 g/mol. The van der Waals surface area contributed by atoms with Crippen LogP contribution in [0.25, 0.3) is 11.0 Å². The number of nitrogens with zero attached hydrogens (tertiary/aromatic N) is 3. The quantitative estimate of drug-likeness (QED) is 0.902. The summed E-state index contributed by atoms with van der Waals surface area (Å²) < 4.78 is 2.23. The van der Waals surface area contributed by atoms with Gasteiger partial charge in [0.1, 0.15) is 11.3 Å². The molecule has 2 rings (SSSR count). The highest BCUT2D eigenvalue weighted by Gasteiger charge is 2.22. The van der Waals surface area contributed by atoms with Crippen molar-refractivity contribution in [2.24, 2.45) is 11.7 Å². The fourth-order valence-electron chi connectivity index (χ4n) is 2.26. The molecule has 2 N–H and O–H groups in total. The fourth-order valence-corrected chi connectivity index (χ4v) is 2.26. The fraction of sp³-hybridized carbons (Fsp3) is 0.571. The van der Waals surface area contributed by atoms with Gasteiger partial charge in [-0.15, -0.1) is 0 Å². The summed E-state index contributed by atoms with van der Waals surface area (Å²) in [5, 5.41) is 0. The Hall–Kier alpha value is -1.42. The summed E-state index contributed by atoms with van der Waals surface area (Å²) in [5.41, 5.74) is 8.40. The van der Waals surface area contributed by atoms with E-state index >= 15 is 0 Å². The second kappa shape index (κ2) is 5.06. The molecule has 2 aromatic heterocycles. The van der Waals surface area contributed by atoms with Gasteiger partial charge in [-0.3, -0.25) is 4.98 Å². The average Bonchev–Trinajstić information content (AvgIpc) is 2.76. The largest absolute Gasteiger partial charge is 0.324 e. The first kappa shape index (κ1) is 13.0. The predicted molar refractivity (Wildman–Crippen MR) is 74.3 cm³/mol. The number of pyridine rings is 1. The van der Waals surface area contributed by atoms with Crippen LogP contribution in [0.5, 0.6) is 0 Å². The number of aromatic nitrogens is 3. The van der Waals surface area contributed by atoms with Gasteiger partial charge < -0.3 is 10.3 Å². The van der Waals surface area contributed by atoms with Gasteiger partial charge >= 0.3 is 0 Å². The van der Waals surface area contributed by atoms with Gasteiger partial charge in [-0.1, -0.05) is 20.3 Å². The van der Waals surface area contributed by atoms with Gasteiger partial charge in [0.15, 0.2) is 0 Å². The standard InChI is InChI=1S/C14H22N4/c1-5-10(4)13(15)14-17-11-8-16-7-6-12(11)18(14)9(2)3/h6-10,13H,5,15H2,1-4H3. The summed E-state index contributed by atoms with van der Waals surface area (Å²) in [5.74, 6) is 1.40. The highest BCUT2D eigenvalue weighted by molar-refractivity contribution is 5.75. The third kappa shape index (κ3) is 2.12. The van der Waals surface area contributed by atoms with Gasteiger partial charge in [0.05, 0.1) is 17.8 Å². The van der Waals surface area contributed by atoms with Crippen molar-refractivity contribution in [3.63, 3.8) is 0 Å². The van der Waals surface area contributed by atoms with Crippen molar-refractivity contribution in [3.05, 3.63) is 24.3 Å². The van der Waals surface area contributed by atoms with E-state index in [4.69, 9.17) is 5.73 Å². The molecule has 98 valence electrons. The lowest BCUT2D eigenvalue weighted by atomic mass is 9.99. The Balaban J connectivity index is 2.59. The first-order chi connectivity index (χ1) is 8.56. The van der Waals surface area contributed by atoms with E-state index in [1.54, 1.807) is 12.4 Å². The lowest BCUT2D eigenvalue weighted by molar-refractivity contribution is 0.415. The van der Waals surface area contributed by atoms with Gasteiger partial charge in [-0.2, -0.15) is 0 Å². The second-order valence-corrected chi connectivity index (χ2v) is 5.21. The first-order valence-electron chi connectivity index (χ1n) is 6.63. The van der Waals surface area contributed by atoms with Crippen LogP contribution in [-0.2, 0) is 0 Å². The van der Waals surface area contributed by atoms with Crippen molar-refractivity contribution >= 4 is 11.0 Å². The molecule has 0 aliphatic heterocycles. The lowest BCUT2D eigenvalue weighted by Crippen LogP contribution is -2.23. The van der Waals surface area contributed by atoms with Crippen LogP contribution < -0.4 is 5.73 Å². The molecule has 2 unspecified atom stereocenters. The van der Waals surface area contributed by atoms with E-state index < -0.39 is 0 Å². The summed E-state index contributed by atoms with van der Waals surface area (Å²) in [6.07, 6.45) is 4.67. The zero-order valence-corrected chi connectivity index (χ0v) is 11.6. The minimum Gasteiger partial charge on any atom is -0.324 e. The van der Waals surface area contributed by atoms with Gasteiger partial charge in [-0.05, 0) is 25.8 Å². The molecule has 2 heterocycles. The van der Waals surface area contributed by atoms with E-state index in [-0.39, 0.29) is 6.04 Å². The second-order valence-electron chi connectivity index (χ2n) is 5.21. The number of nitrogens with two attached hydrogens (primary N) is 1. The molecule has 0 aromatic carbocycles. The van der Waals surface area contributed by atoms with Crippen LogP contribution in [0.2, 0.25) is 0 Å². The van der Waals surface area contributed by atoms with Crippen LogP contribution in [0.4, 0.5) is 0 Å². The van der Waals surface area contributed by atoms with Crippen LogP contribution in [0.1, 0.15) is 52.0 Å².